The van der Waals surface area contributed by atoms with Gasteiger partial charge < -0.3 is 10.0 Å². The van der Waals surface area contributed by atoms with Crippen LogP contribution < -0.4 is 0 Å². The van der Waals surface area contributed by atoms with Crippen LogP contribution in [-0.4, -0.2) is 50.2 Å². The number of hydrogen-bond donors (Lipinski definition) is 2. The summed E-state index contributed by atoms with van der Waals surface area (Å²) in [5, 5.41) is 16.6. The van der Waals surface area contributed by atoms with Gasteiger partial charge in [0.15, 0.2) is 0 Å². The summed E-state index contributed by atoms with van der Waals surface area (Å²) in [6, 6.07) is 9.02. The van der Waals surface area contributed by atoms with E-state index in [9.17, 15) is 9.90 Å². The first-order chi connectivity index (χ1) is 12.7. The first-order valence-corrected chi connectivity index (χ1v) is 10.6. The average Bonchev–Trinajstić information content (AvgIpc) is 3.16. The molecule has 2 aromatic rings. The van der Waals surface area contributed by atoms with Crippen LogP contribution >= 0.6 is 11.8 Å². The van der Waals surface area contributed by atoms with E-state index < -0.39 is 0 Å². The summed E-state index contributed by atoms with van der Waals surface area (Å²) in [6.45, 7) is 2.94. The van der Waals surface area contributed by atoms with Crippen molar-refractivity contribution in [3.63, 3.8) is 0 Å². The van der Waals surface area contributed by atoms with Gasteiger partial charge in [-0.25, -0.2) is 0 Å². The van der Waals surface area contributed by atoms with Crippen LogP contribution in [0.15, 0.2) is 30.3 Å². The minimum absolute atomic E-state index is 0.0473. The number of phenols is 1. The van der Waals surface area contributed by atoms with Crippen LogP contribution in [0, 0.1) is 0 Å². The lowest BCUT2D eigenvalue weighted by atomic mass is 9.94. The maximum atomic E-state index is 13.1. The Labute approximate surface area is 159 Å². The Morgan fingerprint density at radius 1 is 1.27 bits per heavy atom. The minimum atomic E-state index is 0.0473. The summed E-state index contributed by atoms with van der Waals surface area (Å²) in [4.78, 5) is 15.2. The number of carbonyl (C=O) groups is 1. The van der Waals surface area contributed by atoms with Crippen molar-refractivity contribution in [3.8, 4) is 17.0 Å². The zero-order valence-electron chi connectivity index (χ0n) is 15.3. The van der Waals surface area contributed by atoms with Crippen molar-refractivity contribution in [1.82, 2.24) is 15.1 Å². The number of hydrogen-bond acceptors (Lipinski definition) is 4. The normalized spacial score (nSPS) is 15.1. The fraction of sp³-hybridized carbons (Fsp3) is 0.500. The molecule has 1 amide bonds. The molecule has 1 aromatic carbocycles. The summed E-state index contributed by atoms with van der Waals surface area (Å²) in [5.74, 6) is 2.31. The maximum absolute atomic E-state index is 13.1. The molecular formula is C20H27N3O2S. The SMILES string of the molecule is CCSCCN(C(=O)c1cc(-c2ccc(O)cc2)n[nH]1)C1CCCCC1. The standard InChI is InChI=1S/C20H27N3O2S/c1-2-26-13-12-23(16-6-4-3-5-7-16)20(25)19-14-18(21-22-19)15-8-10-17(24)11-9-15/h8-11,14,16,24H,2-7,12-13H2,1H3,(H,21,22). The first kappa shape index (κ1) is 18.8. The van der Waals surface area contributed by atoms with Gasteiger partial charge in [0.25, 0.3) is 5.91 Å². The van der Waals surface area contributed by atoms with E-state index in [0.29, 0.717) is 11.7 Å². The highest BCUT2D eigenvalue weighted by molar-refractivity contribution is 7.99. The number of aromatic hydroxyl groups is 1. The second-order valence-corrected chi connectivity index (χ2v) is 8.09. The molecule has 2 N–H and O–H groups in total. The molecule has 0 aliphatic heterocycles. The van der Waals surface area contributed by atoms with Gasteiger partial charge in [-0.3, -0.25) is 9.89 Å². The molecule has 140 valence electrons. The van der Waals surface area contributed by atoms with Gasteiger partial charge in [0.1, 0.15) is 11.4 Å². The quantitative estimate of drug-likeness (QED) is 0.710. The minimum Gasteiger partial charge on any atom is -0.508 e. The van der Waals surface area contributed by atoms with Crippen LogP contribution in [0.25, 0.3) is 11.3 Å². The number of H-pyrrole nitrogens is 1. The van der Waals surface area contributed by atoms with E-state index in [4.69, 9.17) is 0 Å². The molecule has 0 unspecified atom stereocenters. The zero-order chi connectivity index (χ0) is 18.4. The summed E-state index contributed by atoms with van der Waals surface area (Å²) in [6.07, 6.45) is 5.88. The molecule has 26 heavy (non-hydrogen) atoms. The molecule has 0 atom stereocenters. The highest BCUT2D eigenvalue weighted by Crippen LogP contribution is 2.26. The largest absolute Gasteiger partial charge is 0.508 e. The van der Waals surface area contributed by atoms with Gasteiger partial charge in [0, 0.05) is 23.9 Å². The smallest absolute Gasteiger partial charge is 0.272 e. The fourth-order valence-corrected chi connectivity index (χ4v) is 4.13. The fourth-order valence-electron chi connectivity index (χ4n) is 3.52. The molecule has 3 rings (SSSR count). The number of nitrogens with zero attached hydrogens (tertiary/aromatic N) is 2. The van der Waals surface area contributed by atoms with Gasteiger partial charge >= 0.3 is 0 Å². The Morgan fingerprint density at radius 3 is 2.69 bits per heavy atom. The molecule has 1 fully saturated rings. The second kappa shape index (κ2) is 9.12. The van der Waals surface area contributed by atoms with Gasteiger partial charge in [-0.2, -0.15) is 16.9 Å². The highest BCUT2D eigenvalue weighted by Gasteiger charge is 2.27. The summed E-state index contributed by atoms with van der Waals surface area (Å²) < 4.78 is 0. The number of nitrogens with one attached hydrogen (secondary N) is 1. The molecule has 5 nitrogen and oxygen atoms in total. The first-order valence-electron chi connectivity index (χ1n) is 9.42. The van der Waals surface area contributed by atoms with Gasteiger partial charge in [-0.1, -0.05) is 26.2 Å². The predicted molar refractivity (Wildman–Crippen MR) is 107 cm³/mol. The maximum Gasteiger partial charge on any atom is 0.272 e. The van der Waals surface area contributed by atoms with E-state index in [2.05, 4.69) is 22.0 Å². The number of aromatic nitrogens is 2. The Kier molecular flexibility index (Phi) is 6.61. The Morgan fingerprint density at radius 2 is 2.00 bits per heavy atom. The molecule has 0 spiro atoms. The third-order valence-corrected chi connectivity index (χ3v) is 5.81. The van der Waals surface area contributed by atoms with Crippen molar-refractivity contribution in [2.75, 3.05) is 18.1 Å². The van der Waals surface area contributed by atoms with Crippen LogP contribution in [0.1, 0.15) is 49.5 Å². The summed E-state index contributed by atoms with van der Waals surface area (Å²) in [5.41, 5.74) is 2.14. The number of phenolic OH excluding ortho intramolecular Hbond substituents is 1. The number of benzene rings is 1. The Bertz CT molecular complexity index is 708. The van der Waals surface area contributed by atoms with Crippen LogP contribution in [0.4, 0.5) is 0 Å². The third-order valence-electron chi connectivity index (χ3n) is 4.93. The second-order valence-electron chi connectivity index (χ2n) is 6.70. The van der Waals surface area contributed by atoms with E-state index in [1.54, 1.807) is 24.3 Å². The van der Waals surface area contributed by atoms with Gasteiger partial charge in [0.05, 0.1) is 5.69 Å². The van der Waals surface area contributed by atoms with Crippen LogP contribution in [0.5, 0.6) is 5.75 Å². The van der Waals surface area contributed by atoms with Gasteiger partial charge in [-0.15, -0.1) is 0 Å². The molecule has 0 bridgehead atoms. The number of amides is 1. The van der Waals surface area contributed by atoms with Crippen molar-refractivity contribution in [2.45, 2.75) is 45.1 Å². The lowest BCUT2D eigenvalue weighted by molar-refractivity contribution is 0.0644. The van der Waals surface area contributed by atoms with E-state index in [0.717, 1.165) is 42.1 Å². The molecule has 6 heteroatoms. The topological polar surface area (TPSA) is 69.2 Å². The van der Waals surface area contributed by atoms with Crippen molar-refractivity contribution >= 4 is 17.7 Å². The number of carbonyl (C=O) groups excluding carboxylic acids is 1. The van der Waals surface area contributed by atoms with Crippen molar-refractivity contribution in [3.05, 3.63) is 36.0 Å². The Balaban J connectivity index is 1.76. The van der Waals surface area contributed by atoms with Crippen molar-refractivity contribution < 1.29 is 9.90 Å². The lowest BCUT2D eigenvalue weighted by Crippen LogP contribution is -2.43. The molecule has 0 saturated heterocycles. The molecule has 1 aliphatic rings. The highest BCUT2D eigenvalue weighted by atomic mass is 32.2. The lowest BCUT2D eigenvalue weighted by Gasteiger charge is -2.34. The van der Waals surface area contributed by atoms with Crippen molar-refractivity contribution in [1.29, 1.82) is 0 Å². The van der Waals surface area contributed by atoms with E-state index in [1.165, 1.54) is 19.3 Å². The predicted octanol–water partition coefficient (Wildman–Crippen LogP) is 4.31. The van der Waals surface area contributed by atoms with E-state index in [1.807, 2.05) is 17.8 Å². The molecule has 1 saturated carbocycles. The van der Waals surface area contributed by atoms with Gasteiger partial charge in [0.2, 0.25) is 0 Å². The summed E-state index contributed by atoms with van der Waals surface area (Å²) in [7, 11) is 0. The zero-order valence-corrected chi connectivity index (χ0v) is 16.1. The monoisotopic (exact) mass is 373 g/mol. The summed E-state index contributed by atoms with van der Waals surface area (Å²) >= 11 is 1.87. The number of thioether (sulfide) groups is 1. The third kappa shape index (κ3) is 4.61. The molecule has 1 heterocycles. The van der Waals surface area contributed by atoms with Crippen LogP contribution in [0.3, 0.4) is 0 Å². The number of rotatable bonds is 7. The van der Waals surface area contributed by atoms with E-state index in [-0.39, 0.29) is 11.7 Å². The average molecular weight is 374 g/mol. The van der Waals surface area contributed by atoms with Crippen LogP contribution in [0.2, 0.25) is 0 Å². The molecule has 1 aromatic heterocycles. The molecular weight excluding hydrogens is 346 g/mol. The Hall–Kier alpha value is -1.95. The molecule has 0 radical (unpaired) electrons. The van der Waals surface area contributed by atoms with Crippen molar-refractivity contribution in [2.24, 2.45) is 0 Å². The van der Waals surface area contributed by atoms with Gasteiger partial charge in [-0.05, 0) is 48.9 Å². The van der Waals surface area contributed by atoms with E-state index >= 15 is 0 Å². The number of aromatic amines is 1. The molecule has 1 aliphatic carbocycles. The van der Waals surface area contributed by atoms with Crippen LogP contribution in [-0.2, 0) is 0 Å².